The Labute approximate surface area is 187 Å². The first-order valence-corrected chi connectivity index (χ1v) is 11.8. The molecule has 0 fully saturated rings. The van der Waals surface area contributed by atoms with Crippen molar-refractivity contribution < 1.29 is 0 Å². The van der Waals surface area contributed by atoms with Crippen LogP contribution in [0.1, 0.15) is 0 Å². The van der Waals surface area contributed by atoms with Crippen molar-refractivity contribution in [2.75, 3.05) is 0 Å². The van der Waals surface area contributed by atoms with Gasteiger partial charge in [-0.15, -0.1) is 11.3 Å². The number of thiophene rings is 1. The molecular weight excluding hydrogens is 406 g/mol. The molecule has 1 N–H and O–H groups in total. The highest BCUT2D eigenvalue weighted by molar-refractivity contribution is 7.27. The van der Waals surface area contributed by atoms with Gasteiger partial charge in [-0.1, -0.05) is 84.9 Å². The zero-order valence-corrected chi connectivity index (χ0v) is 18.0. The zero-order valence-electron chi connectivity index (χ0n) is 17.1. The van der Waals surface area contributed by atoms with Gasteiger partial charge in [0, 0.05) is 52.6 Å². The lowest BCUT2D eigenvalue weighted by atomic mass is 9.90. The van der Waals surface area contributed by atoms with Crippen molar-refractivity contribution in [3.8, 4) is 0 Å². The van der Waals surface area contributed by atoms with Gasteiger partial charge in [0.25, 0.3) is 0 Å². The summed E-state index contributed by atoms with van der Waals surface area (Å²) in [5, 5.41) is 13.4. The molecule has 6 aromatic carbocycles. The Kier molecular flexibility index (Phi) is 3.08. The number of aromatic nitrogens is 1. The van der Waals surface area contributed by atoms with E-state index < -0.39 is 0 Å². The fourth-order valence-corrected chi connectivity index (χ4v) is 6.98. The van der Waals surface area contributed by atoms with Crippen LogP contribution in [0.4, 0.5) is 0 Å². The van der Waals surface area contributed by atoms with Gasteiger partial charge in [-0.3, -0.25) is 0 Å². The lowest BCUT2D eigenvalue weighted by molar-refractivity contribution is 1.57. The van der Waals surface area contributed by atoms with Gasteiger partial charge in [0.15, 0.2) is 0 Å². The van der Waals surface area contributed by atoms with Crippen LogP contribution in [0.15, 0.2) is 97.1 Å². The van der Waals surface area contributed by atoms with Crippen LogP contribution >= 0.6 is 11.3 Å². The van der Waals surface area contributed by atoms with Crippen LogP contribution in [-0.2, 0) is 0 Å². The molecule has 8 rings (SSSR count). The number of benzene rings is 6. The molecule has 0 saturated heterocycles. The SMILES string of the molecule is c1ccc2c(c1)[nH]c1c3ccccc3c3c4sc5ccccc5c4c4ccccc4c3c21. The monoisotopic (exact) mass is 423 g/mol. The molecule has 148 valence electrons. The summed E-state index contributed by atoms with van der Waals surface area (Å²) in [6.07, 6.45) is 0. The van der Waals surface area contributed by atoms with Crippen molar-refractivity contribution in [3.05, 3.63) is 97.1 Å². The maximum Gasteiger partial charge on any atom is 0.0551 e. The van der Waals surface area contributed by atoms with Crippen LogP contribution in [0.5, 0.6) is 0 Å². The molecule has 0 saturated carbocycles. The lowest BCUT2D eigenvalue weighted by Gasteiger charge is -2.13. The summed E-state index contributed by atoms with van der Waals surface area (Å²) < 4.78 is 2.74. The third-order valence-electron chi connectivity index (χ3n) is 6.96. The van der Waals surface area contributed by atoms with Crippen molar-refractivity contribution in [2.45, 2.75) is 0 Å². The van der Waals surface area contributed by atoms with Crippen molar-refractivity contribution >= 4 is 85.6 Å². The first kappa shape index (κ1) is 16.8. The molecule has 2 heterocycles. The van der Waals surface area contributed by atoms with E-state index in [1.807, 2.05) is 11.3 Å². The van der Waals surface area contributed by atoms with Crippen molar-refractivity contribution in [3.63, 3.8) is 0 Å². The summed E-state index contributed by atoms with van der Waals surface area (Å²) in [6.45, 7) is 0. The normalized spacial score (nSPS) is 12.4. The van der Waals surface area contributed by atoms with Gasteiger partial charge >= 0.3 is 0 Å². The molecule has 0 amide bonds. The molecular formula is C30H17NS. The number of nitrogens with one attached hydrogen (secondary N) is 1. The smallest absolute Gasteiger partial charge is 0.0551 e. The van der Waals surface area contributed by atoms with E-state index in [4.69, 9.17) is 0 Å². The van der Waals surface area contributed by atoms with Crippen LogP contribution in [0.2, 0.25) is 0 Å². The summed E-state index contributed by atoms with van der Waals surface area (Å²) >= 11 is 1.93. The van der Waals surface area contributed by atoms with Crippen molar-refractivity contribution in [1.29, 1.82) is 0 Å². The average Bonchev–Trinajstić information content (AvgIpc) is 3.43. The second-order valence-corrected chi connectivity index (χ2v) is 9.62. The summed E-state index contributed by atoms with van der Waals surface area (Å²) in [7, 11) is 0. The van der Waals surface area contributed by atoms with Gasteiger partial charge in [-0.25, -0.2) is 0 Å². The van der Waals surface area contributed by atoms with Crippen LogP contribution in [0.3, 0.4) is 0 Å². The molecule has 2 heteroatoms. The quantitative estimate of drug-likeness (QED) is 0.234. The second-order valence-electron chi connectivity index (χ2n) is 8.56. The average molecular weight is 424 g/mol. The highest BCUT2D eigenvalue weighted by Gasteiger charge is 2.20. The fraction of sp³-hybridized carbons (Fsp3) is 0. The molecule has 0 aliphatic heterocycles. The van der Waals surface area contributed by atoms with Crippen LogP contribution < -0.4 is 0 Å². The number of aromatic amines is 1. The zero-order chi connectivity index (χ0) is 20.8. The van der Waals surface area contributed by atoms with E-state index in [0.717, 1.165) is 0 Å². The Morgan fingerprint density at radius 2 is 1.00 bits per heavy atom. The summed E-state index contributed by atoms with van der Waals surface area (Å²) in [6, 6.07) is 35.4. The number of hydrogen-bond acceptors (Lipinski definition) is 1. The summed E-state index contributed by atoms with van der Waals surface area (Å²) in [5.41, 5.74) is 2.43. The third kappa shape index (κ3) is 1.94. The minimum absolute atomic E-state index is 1.20. The highest BCUT2D eigenvalue weighted by atomic mass is 32.1. The Hall–Kier alpha value is -3.88. The van der Waals surface area contributed by atoms with E-state index in [0.29, 0.717) is 0 Å². The largest absolute Gasteiger partial charge is 0.354 e. The lowest BCUT2D eigenvalue weighted by Crippen LogP contribution is -1.85. The van der Waals surface area contributed by atoms with E-state index >= 15 is 0 Å². The summed E-state index contributed by atoms with van der Waals surface area (Å²) in [4.78, 5) is 3.76. The predicted octanol–water partition coefficient (Wildman–Crippen LogP) is 9.15. The van der Waals surface area contributed by atoms with Crippen LogP contribution in [0, 0.1) is 0 Å². The molecule has 0 atom stereocenters. The van der Waals surface area contributed by atoms with Crippen molar-refractivity contribution in [1.82, 2.24) is 4.98 Å². The standard InChI is InChI=1S/C30H17NS/c1-2-10-18-17(9-1)25-22-14-6-8-16-24(22)32-30(25)28-19-11-3-4-12-20(19)29-27(26(18)28)21-13-5-7-15-23(21)31-29/h1-16,31H. The van der Waals surface area contributed by atoms with Crippen LogP contribution in [0.25, 0.3) is 74.3 Å². The Morgan fingerprint density at radius 1 is 0.438 bits per heavy atom. The van der Waals surface area contributed by atoms with E-state index in [-0.39, 0.29) is 0 Å². The molecule has 0 bridgehead atoms. The number of rotatable bonds is 0. The van der Waals surface area contributed by atoms with Crippen LogP contribution in [-0.4, -0.2) is 4.98 Å². The summed E-state index contributed by atoms with van der Waals surface area (Å²) in [5.74, 6) is 0. The third-order valence-corrected chi connectivity index (χ3v) is 8.15. The topological polar surface area (TPSA) is 15.8 Å². The molecule has 8 aromatic rings. The second kappa shape index (κ2) is 5.87. The molecule has 0 aliphatic rings. The number of H-pyrrole nitrogens is 1. The number of hydrogen-bond donors (Lipinski definition) is 1. The molecule has 32 heavy (non-hydrogen) atoms. The number of fused-ring (bicyclic) bond motifs is 15. The molecule has 0 aliphatic carbocycles. The Morgan fingerprint density at radius 3 is 1.78 bits per heavy atom. The molecule has 0 radical (unpaired) electrons. The molecule has 0 spiro atoms. The van der Waals surface area contributed by atoms with E-state index in [2.05, 4.69) is 102 Å². The molecule has 1 nitrogen and oxygen atoms in total. The molecule has 2 aromatic heterocycles. The predicted molar refractivity (Wildman–Crippen MR) is 141 cm³/mol. The maximum atomic E-state index is 3.76. The molecule has 0 unspecified atom stereocenters. The fourth-order valence-electron chi connectivity index (χ4n) is 5.70. The Bertz CT molecular complexity index is 2040. The minimum Gasteiger partial charge on any atom is -0.354 e. The van der Waals surface area contributed by atoms with E-state index in [1.165, 1.54) is 74.3 Å². The maximum absolute atomic E-state index is 3.76. The highest BCUT2D eigenvalue weighted by Crippen LogP contribution is 2.49. The van der Waals surface area contributed by atoms with Gasteiger partial charge in [-0.05, 0) is 28.3 Å². The van der Waals surface area contributed by atoms with Gasteiger partial charge in [0.1, 0.15) is 0 Å². The van der Waals surface area contributed by atoms with Gasteiger partial charge in [0.2, 0.25) is 0 Å². The first-order chi connectivity index (χ1) is 15.9. The van der Waals surface area contributed by atoms with E-state index in [9.17, 15) is 0 Å². The van der Waals surface area contributed by atoms with Gasteiger partial charge < -0.3 is 4.98 Å². The van der Waals surface area contributed by atoms with Crippen molar-refractivity contribution in [2.24, 2.45) is 0 Å². The Balaban J connectivity index is 1.86. The van der Waals surface area contributed by atoms with E-state index in [1.54, 1.807) is 0 Å². The minimum atomic E-state index is 1.20. The van der Waals surface area contributed by atoms with Gasteiger partial charge in [-0.2, -0.15) is 0 Å². The van der Waals surface area contributed by atoms with Gasteiger partial charge in [0.05, 0.1) is 5.52 Å². The number of para-hydroxylation sites is 1. The first-order valence-electron chi connectivity index (χ1n) is 11.0.